The number of rotatable bonds is 5. The highest BCUT2D eigenvalue weighted by atomic mass is 32.2. The fourth-order valence-electron chi connectivity index (χ4n) is 3.04. The Morgan fingerprint density at radius 3 is 2.26 bits per heavy atom. The van der Waals surface area contributed by atoms with Crippen molar-refractivity contribution in [2.75, 3.05) is 0 Å². The predicted octanol–water partition coefficient (Wildman–Crippen LogP) is 3.40. The molecule has 1 aliphatic carbocycles. The third kappa shape index (κ3) is 3.46. The molecule has 1 aromatic carbocycles. The standard InChI is InChI=1S/C16H25NOS/c1-12(2)16(19(18)14-10-6-7-11-14)15(17)13-8-4-3-5-9-13/h3-5,8-9,12,14-16H,6-7,10-11,17H2,1-2H3. The van der Waals surface area contributed by atoms with Gasteiger partial charge in [0.15, 0.2) is 0 Å². The molecule has 2 rings (SSSR count). The van der Waals surface area contributed by atoms with Gasteiger partial charge in [0.25, 0.3) is 0 Å². The minimum atomic E-state index is -0.819. The SMILES string of the molecule is CC(C)C(C(N)c1ccccc1)S(=O)C1CCCC1. The van der Waals surface area contributed by atoms with E-state index in [1.165, 1.54) is 12.8 Å². The molecule has 1 aromatic rings. The van der Waals surface area contributed by atoms with Gasteiger partial charge in [0.1, 0.15) is 0 Å². The van der Waals surface area contributed by atoms with E-state index in [1.807, 2.05) is 30.3 Å². The van der Waals surface area contributed by atoms with Crippen LogP contribution in [0.4, 0.5) is 0 Å². The molecule has 1 fully saturated rings. The van der Waals surface area contributed by atoms with Gasteiger partial charge in [-0.25, -0.2) is 0 Å². The summed E-state index contributed by atoms with van der Waals surface area (Å²) in [5.74, 6) is 0.344. The fraction of sp³-hybridized carbons (Fsp3) is 0.625. The van der Waals surface area contributed by atoms with Gasteiger partial charge in [-0.2, -0.15) is 0 Å². The second kappa shape index (κ2) is 6.67. The summed E-state index contributed by atoms with van der Waals surface area (Å²) in [5.41, 5.74) is 7.52. The smallest absolute Gasteiger partial charge is 0.0566 e. The molecule has 2 nitrogen and oxygen atoms in total. The molecule has 3 atom stereocenters. The van der Waals surface area contributed by atoms with E-state index >= 15 is 0 Å². The molecule has 3 heteroatoms. The molecule has 2 N–H and O–H groups in total. The van der Waals surface area contributed by atoms with Crippen molar-refractivity contribution in [2.45, 2.75) is 56.1 Å². The highest BCUT2D eigenvalue weighted by molar-refractivity contribution is 7.86. The van der Waals surface area contributed by atoms with Crippen LogP contribution in [0.3, 0.4) is 0 Å². The Morgan fingerprint density at radius 1 is 1.16 bits per heavy atom. The molecular weight excluding hydrogens is 254 g/mol. The Kier molecular flexibility index (Phi) is 5.17. The van der Waals surface area contributed by atoms with E-state index in [0.717, 1.165) is 18.4 Å². The molecule has 0 aliphatic heterocycles. The Bertz CT molecular complexity index is 412. The van der Waals surface area contributed by atoms with Gasteiger partial charge in [-0.1, -0.05) is 57.0 Å². The van der Waals surface area contributed by atoms with Crippen molar-refractivity contribution in [1.82, 2.24) is 0 Å². The van der Waals surface area contributed by atoms with Crippen LogP contribution in [0.1, 0.15) is 51.1 Å². The first-order valence-electron chi connectivity index (χ1n) is 7.31. The highest BCUT2D eigenvalue weighted by Gasteiger charge is 2.34. The maximum Gasteiger partial charge on any atom is 0.0566 e. The summed E-state index contributed by atoms with van der Waals surface area (Å²) in [7, 11) is -0.819. The molecule has 0 amide bonds. The van der Waals surface area contributed by atoms with Crippen LogP contribution in [0.15, 0.2) is 30.3 Å². The van der Waals surface area contributed by atoms with E-state index in [1.54, 1.807) is 0 Å². The maximum absolute atomic E-state index is 12.8. The van der Waals surface area contributed by atoms with Crippen LogP contribution in [0.2, 0.25) is 0 Å². The van der Waals surface area contributed by atoms with Crippen molar-refractivity contribution in [1.29, 1.82) is 0 Å². The Balaban J connectivity index is 2.17. The van der Waals surface area contributed by atoms with Crippen LogP contribution in [0.25, 0.3) is 0 Å². The summed E-state index contributed by atoms with van der Waals surface area (Å²) < 4.78 is 12.8. The van der Waals surface area contributed by atoms with Crippen molar-refractivity contribution in [3.63, 3.8) is 0 Å². The van der Waals surface area contributed by atoms with Gasteiger partial charge in [-0.3, -0.25) is 4.21 Å². The van der Waals surface area contributed by atoms with E-state index in [4.69, 9.17) is 5.73 Å². The zero-order chi connectivity index (χ0) is 13.8. The summed E-state index contributed by atoms with van der Waals surface area (Å²) >= 11 is 0. The minimum Gasteiger partial charge on any atom is -0.323 e. The summed E-state index contributed by atoms with van der Waals surface area (Å²) in [6, 6.07) is 9.98. The molecule has 0 spiro atoms. The van der Waals surface area contributed by atoms with Crippen molar-refractivity contribution >= 4 is 10.8 Å². The summed E-state index contributed by atoms with van der Waals surface area (Å²) in [6.07, 6.45) is 4.66. The first-order valence-corrected chi connectivity index (χ1v) is 8.58. The second-order valence-corrected chi connectivity index (χ2v) is 7.75. The Hall–Kier alpha value is -0.670. The zero-order valence-corrected chi connectivity index (χ0v) is 12.7. The van der Waals surface area contributed by atoms with E-state index in [2.05, 4.69) is 13.8 Å². The summed E-state index contributed by atoms with van der Waals surface area (Å²) in [4.78, 5) is 0. The van der Waals surface area contributed by atoms with Crippen molar-refractivity contribution in [3.8, 4) is 0 Å². The summed E-state index contributed by atoms with van der Waals surface area (Å²) in [6.45, 7) is 4.28. The van der Waals surface area contributed by atoms with Crippen LogP contribution in [-0.2, 0) is 10.8 Å². The van der Waals surface area contributed by atoms with Crippen LogP contribution in [0, 0.1) is 5.92 Å². The topological polar surface area (TPSA) is 43.1 Å². The van der Waals surface area contributed by atoms with Gasteiger partial charge < -0.3 is 5.73 Å². The van der Waals surface area contributed by atoms with Crippen LogP contribution in [0.5, 0.6) is 0 Å². The lowest BCUT2D eigenvalue weighted by atomic mass is 9.97. The van der Waals surface area contributed by atoms with Gasteiger partial charge in [-0.05, 0) is 24.3 Å². The minimum absolute atomic E-state index is 0.0606. The third-order valence-electron chi connectivity index (χ3n) is 4.09. The van der Waals surface area contributed by atoms with Gasteiger partial charge in [0.05, 0.1) is 5.25 Å². The van der Waals surface area contributed by atoms with Crippen LogP contribution in [-0.4, -0.2) is 14.7 Å². The van der Waals surface area contributed by atoms with E-state index in [9.17, 15) is 4.21 Å². The molecule has 106 valence electrons. The first kappa shape index (κ1) is 14.7. The molecule has 1 aliphatic rings. The highest BCUT2D eigenvalue weighted by Crippen LogP contribution is 2.32. The average Bonchev–Trinajstić information content (AvgIpc) is 2.93. The van der Waals surface area contributed by atoms with Gasteiger partial charge in [-0.15, -0.1) is 0 Å². The van der Waals surface area contributed by atoms with Gasteiger partial charge in [0.2, 0.25) is 0 Å². The summed E-state index contributed by atoms with van der Waals surface area (Å²) in [5, 5.41) is 0.424. The van der Waals surface area contributed by atoms with Crippen molar-refractivity contribution < 1.29 is 4.21 Å². The predicted molar refractivity (Wildman–Crippen MR) is 82.4 cm³/mol. The molecule has 0 bridgehead atoms. The Morgan fingerprint density at radius 2 is 1.74 bits per heavy atom. The van der Waals surface area contributed by atoms with Crippen LogP contribution < -0.4 is 5.73 Å². The lowest BCUT2D eigenvalue weighted by Gasteiger charge is -2.29. The molecule has 0 aromatic heterocycles. The van der Waals surface area contributed by atoms with Gasteiger partial charge >= 0.3 is 0 Å². The average molecular weight is 279 g/mol. The number of hydrogen-bond donors (Lipinski definition) is 1. The number of hydrogen-bond acceptors (Lipinski definition) is 2. The molecule has 0 radical (unpaired) electrons. The lowest BCUT2D eigenvalue weighted by molar-refractivity contribution is 0.505. The van der Waals surface area contributed by atoms with Gasteiger partial charge in [0, 0.05) is 22.1 Å². The fourth-order valence-corrected chi connectivity index (χ4v) is 5.26. The molecule has 0 saturated heterocycles. The monoisotopic (exact) mass is 279 g/mol. The second-order valence-electron chi connectivity index (χ2n) is 5.88. The number of nitrogens with two attached hydrogens (primary N) is 1. The number of benzene rings is 1. The first-order chi connectivity index (χ1) is 9.11. The van der Waals surface area contributed by atoms with E-state index in [-0.39, 0.29) is 11.3 Å². The molecule has 3 unspecified atom stereocenters. The van der Waals surface area contributed by atoms with E-state index < -0.39 is 10.8 Å². The lowest BCUT2D eigenvalue weighted by Crippen LogP contribution is -2.38. The van der Waals surface area contributed by atoms with Crippen LogP contribution >= 0.6 is 0 Å². The zero-order valence-electron chi connectivity index (χ0n) is 11.9. The largest absolute Gasteiger partial charge is 0.323 e. The van der Waals surface area contributed by atoms with E-state index in [0.29, 0.717) is 11.2 Å². The molecule has 0 heterocycles. The normalized spacial score (nSPS) is 21.5. The molecule has 19 heavy (non-hydrogen) atoms. The van der Waals surface area contributed by atoms with Crippen molar-refractivity contribution in [2.24, 2.45) is 11.7 Å². The van der Waals surface area contributed by atoms with Crippen molar-refractivity contribution in [3.05, 3.63) is 35.9 Å². The molecular formula is C16H25NOS. The quantitative estimate of drug-likeness (QED) is 0.897. The third-order valence-corrected chi connectivity index (χ3v) is 6.60. The Labute approximate surface area is 119 Å². The maximum atomic E-state index is 12.8. The molecule has 1 saturated carbocycles.